The van der Waals surface area contributed by atoms with E-state index in [0.29, 0.717) is 0 Å². The summed E-state index contributed by atoms with van der Waals surface area (Å²) in [4.78, 5) is 9.76. The summed E-state index contributed by atoms with van der Waals surface area (Å²) in [5.74, 6) is 0.711. The molecule has 0 spiro atoms. The maximum absolute atomic E-state index is 12.0. The van der Waals surface area contributed by atoms with Crippen LogP contribution in [0.1, 0.15) is 12.8 Å². The zero-order valence-electron chi connectivity index (χ0n) is 4.80. The first-order chi connectivity index (χ1) is 4.18. The molecule has 0 aromatic carbocycles. The Morgan fingerprint density at radius 2 is 2.44 bits per heavy atom. The number of carbonyl (C=O) groups is 1. The molecule has 1 atom stereocenters. The van der Waals surface area contributed by atoms with E-state index in [1.165, 1.54) is 0 Å². The maximum atomic E-state index is 12.0. The summed E-state index contributed by atoms with van der Waals surface area (Å²) in [7, 11) is 0. The van der Waals surface area contributed by atoms with Gasteiger partial charge in [0, 0.05) is 12.8 Å². The second-order valence-electron chi connectivity index (χ2n) is 1.55. The van der Waals surface area contributed by atoms with Crippen LogP contribution >= 0.6 is 0 Å². The molecule has 0 aliphatic carbocycles. The fourth-order valence-corrected chi connectivity index (χ4v) is 0.334. The van der Waals surface area contributed by atoms with Gasteiger partial charge in [-0.15, -0.1) is 12.3 Å². The zero-order valence-corrected chi connectivity index (χ0v) is 4.80. The number of hydrogen-bond acceptors (Lipinski definition) is 1. The van der Waals surface area contributed by atoms with Gasteiger partial charge in [0.25, 0.3) is 0 Å². The van der Waals surface area contributed by atoms with Crippen LogP contribution < -0.4 is 0 Å². The van der Waals surface area contributed by atoms with Gasteiger partial charge in [-0.2, -0.15) is 0 Å². The van der Waals surface area contributed by atoms with E-state index < -0.39 is 12.1 Å². The first-order valence-corrected chi connectivity index (χ1v) is 2.49. The van der Waals surface area contributed by atoms with Gasteiger partial charge in [0.1, 0.15) is 0 Å². The van der Waals surface area contributed by atoms with Crippen molar-refractivity contribution in [3.8, 4) is 12.3 Å². The van der Waals surface area contributed by atoms with Crippen LogP contribution in [0.3, 0.4) is 0 Å². The summed E-state index contributed by atoms with van der Waals surface area (Å²) in [5, 5.41) is 7.97. The Bertz CT molecular complexity index is 136. The number of alkyl halides is 1. The molecular weight excluding hydrogens is 123 g/mol. The molecule has 2 nitrogen and oxygen atoms in total. The molecule has 0 radical (unpaired) electrons. The number of carboxylic acid groups (broad SMARTS) is 1. The standard InChI is InChI=1S/C6H7FO2/c1-2-3-4-5(7)6(8)9/h1,5H,3-4H2,(H,8,9). The molecule has 0 aromatic rings. The third kappa shape index (κ3) is 3.53. The van der Waals surface area contributed by atoms with E-state index in [1.54, 1.807) is 0 Å². The van der Waals surface area contributed by atoms with Crippen molar-refractivity contribution >= 4 is 5.97 Å². The second-order valence-corrected chi connectivity index (χ2v) is 1.55. The molecule has 0 bridgehead atoms. The molecule has 1 unspecified atom stereocenters. The van der Waals surface area contributed by atoms with Crippen LogP contribution in [0.15, 0.2) is 0 Å². The van der Waals surface area contributed by atoms with Crippen LogP contribution in [0.5, 0.6) is 0 Å². The van der Waals surface area contributed by atoms with Crippen molar-refractivity contribution in [2.24, 2.45) is 0 Å². The van der Waals surface area contributed by atoms with Crippen molar-refractivity contribution < 1.29 is 14.3 Å². The van der Waals surface area contributed by atoms with E-state index in [4.69, 9.17) is 11.5 Å². The Hall–Kier alpha value is -1.04. The lowest BCUT2D eigenvalue weighted by atomic mass is 10.2. The molecule has 0 amide bonds. The highest BCUT2D eigenvalue weighted by atomic mass is 19.1. The Kier molecular flexibility index (Phi) is 3.45. The van der Waals surface area contributed by atoms with Crippen molar-refractivity contribution in [3.05, 3.63) is 0 Å². The minimum Gasteiger partial charge on any atom is -0.479 e. The minimum absolute atomic E-state index is 0.0914. The Morgan fingerprint density at radius 1 is 1.89 bits per heavy atom. The number of carboxylic acids is 1. The number of hydrogen-bond donors (Lipinski definition) is 1. The van der Waals surface area contributed by atoms with E-state index in [1.807, 2.05) is 0 Å². The summed E-state index contributed by atoms with van der Waals surface area (Å²) in [5.41, 5.74) is 0. The van der Waals surface area contributed by atoms with Gasteiger partial charge >= 0.3 is 5.97 Å². The summed E-state index contributed by atoms with van der Waals surface area (Å²) in [6, 6.07) is 0. The topological polar surface area (TPSA) is 37.3 Å². The third-order valence-corrected chi connectivity index (χ3v) is 0.810. The molecule has 0 fully saturated rings. The van der Waals surface area contributed by atoms with Gasteiger partial charge < -0.3 is 5.11 Å². The maximum Gasteiger partial charge on any atom is 0.338 e. The van der Waals surface area contributed by atoms with Gasteiger partial charge in [-0.05, 0) is 0 Å². The van der Waals surface area contributed by atoms with E-state index in [-0.39, 0.29) is 12.8 Å². The summed E-state index contributed by atoms with van der Waals surface area (Å²) < 4.78 is 12.0. The lowest BCUT2D eigenvalue weighted by Crippen LogP contribution is -2.13. The van der Waals surface area contributed by atoms with Crippen LogP contribution in [0, 0.1) is 12.3 Å². The van der Waals surface area contributed by atoms with E-state index in [9.17, 15) is 9.18 Å². The molecule has 0 aliphatic heterocycles. The van der Waals surface area contributed by atoms with Gasteiger partial charge in [-0.1, -0.05) is 0 Å². The highest BCUT2D eigenvalue weighted by Crippen LogP contribution is 1.99. The number of halogens is 1. The minimum atomic E-state index is -1.80. The van der Waals surface area contributed by atoms with Gasteiger partial charge in [-0.25, -0.2) is 9.18 Å². The molecule has 0 aliphatic rings. The van der Waals surface area contributed by atoms with Crippen LogP contribution in [0.2, 0.25) is 0 Å². The Balaban J connectivity index is 3.41. The molecule has 3 heteroatoms. The van der Waals surface area contributed by atoms with E-state index >= 15 is 0 Å². The lowest BCUT2D eigenvalue weighted by Gasteiger charge is -1.95. The van der Waals surface area contributed by atoms with Crippen LogP contribution in [0.4, 0.5) is 4.39 Å². The van der Waals surface area contributed by atoms with E-state index in [2.05, 4.69) is 5.92 Å². The quantitative estimate of drug-likeness (QED) is 0.574. The SMILES string of the molecule is C#CCCC(F)C(=O)O. The van der Waals surface area contributed by atoms with Crippen molar-refractivity contribution in [1.29, 1.82) is 0 Å². The van der Waals surface area contributed by atoms with Crippen LogP contribution in [0.25, 0.3) is 0 Å². The third-order valence-electron chi connectivity index (χ3n) is 0.810. The normalized spacial score (nSPS) is 12.0. The average Bonchev–Trinajstić information content (AvgIpc) is 1.82. The number of aliphatic carboxylic acids is 1. The Morgan fingerprint density at radius 3 is 2.78 bits per heavy atom. The fourth-order valence-electron chi connectivity index (χ4n) is 0.334. The van der Waals surface area contributed by atoms with Gasteiger partial charge in [0.05, 0.1) is 0 Å². The first kappa shape index (κ1) is 7.96. The van der Waals surface area contributed by atoms with Crippen LogP contribution in [-0.4, -0.2) is 17.2 Å². The summed E-state index contributed by atoms with van der Waals surface area (Å²) in [6.07, 6.45) is 3.05. The Labute approximate surface area is 52.7 Å². The molecular formula is C6H7FO2. The van der Waals surface area contributed by atoms with Gasteiger partial charge in [-0.3, -0.25) is 0 Å². The summed E-state index contributed by atoms with van der Waals surface area (Å²) in [6.45, 7) is 0. The first-order valence-electron chi connectivity index (χ1n) is 2.49. The monoisotopic (exact) mass is 130 g/mol. The van der Waals surface area contributed by atoms with Crippen molar-refractivity contribution in [1.82, 2.24) is 0 Å². The predicted octanol–water partition coefficient (Wildman–Crippen LogP) is 0.823. The van der Waals surface area contributed by atoms with Crippen molar-refractivity contribution in [2.75, 3.05) is 0 Å². The second kappa shape index (κ2) is 3.90. The largest absolute Gasteiger partial charge is 0.479 e. The molecule has 0 saturated heterocycles. The zero-order chi connectivity index (χ0) is 7.28. The molecule has 50 valence electrons. The van der Waals surface area contributed by atoms with Crippen molar-refractivity contribution in [2.45, 2.75) is 19.0 Å². The fraction of sp³-hybridized carbons (Fsp3) is 0.500. The molecule has 0 heterocycles. The molecule has 0 rings (SSSR count). The van der Waals surface area contributed by atoms with Crippen molar-refractivity contribution in [3.63, 3.8) is 0 Å². The number of rotatable bonds is 3. The van der Waals surface area contributed by atoms with Crippen LogP contribution in [-0.2, 0) is 4.79 Å². The lowest BCUT2D eigenvalue weighted by molar-refractivity contribution is -0.142. The van der Waals surface area contributed by atoms with Gasteiger partial charge in [0.15, 0.2) is 6.17 Å². The molecule has 9 heavy (non-hydrogen) atoms. The highest BCUT2D eigenvalue weighted by molar-refractivity contribution is 5.71. The number of terminal acetylenes is 1. The molecule has 1 N–H and O–H groups in total. The average molecular weight is 130 g/mol. The smallest absolute Gasteiger partial charge is 0.338 e. The molecule has 0 saturated carbocycles. The summed E-state index contributed by atoms with van der Waals surface area (Å²) >= 11 is 0. The predicted molar refractivity (Wildman–Crippen MR) is 30.6 cm³/mol. The van der Waals surface area contributed by atoms with Gasteiger partial charge in [0.2, 0.25) is 0 Å². The highest BCUT2D eigenvalue weighted by Gasteiger charge is 2.13. The van der Waals surface area contributed by atoms with E-state index in [0.717, 1.165) is 0 Å². The molecule has 0 aromatic heterocycles.